The lowest BCUT2D eigenvalue weighted by molar-refractivity contribution is 0.121. The molecule has 2 N–H and O–H groups in total. The fourth-order valence-corrected chi connectivity index (χ4v) is 4.19. The first-order valence-corrected chi connectivity index (χ1v) is 8.62. The highest BCUT2D eigenvalue weighted by Gasteiger charge is 2.32. The molecule has 1 aliphatic rings. The van der Waals surface area contributed by atoms with Gasteiger partial charge in [0, 0.05) is 21.6 Å². The van der Waals surface area contributed by atoms with Crippen LogP contribution in [0.15, 0.2) is 22.7 Å². The lowest BCUT2D eigenvalue weighted by Crippen LogP contribution is -2.40. The molecule has 2 unspecified atom stereocenters. The van der Waals surface area contributed by atoms with Crippen LogP contribution in [0.25, 0.3) is 0 Å². The summed E-state index contributed by atoms with van der Waals surface area (Å²) in [5.74, 6) is 0.511. The van der Waals surface area contributed by atoms with Gasteiger partial charge in [-0.05, 0) is 63.4 Å². The average molecular weight is 360 g/mol. The molecule has 1 aromatic rings. The van der Waals surface area contributed by atoms with E-state index in [0.29, 0.717) is 18.0 Å². The van der Waals surface area contributed by atoms with Crippen LogP contribution in [0.2, 0.25) is 5.02 Å². The maximum absolute atomic E-state index is 6.09. The van der Waals surface area contributed by atoms with Gasteiger partial charge >= 0.3 is 0 Å². The van der Waals surface area contributed by atoms with Crippen LogP contribution in [-0.4, -0.2) is 24.0 Å². The summed E-state index contributed by atoms with van der Waals surface area (Å²) in [6.45, 7) is 6.43. The lowest BCUT2D eigenvalue weighted by atomic mass is 9.88. The SMILES string of the molecule is CC(C)N1CCCCC(CN)C1c1ccc(Cl)cc1Br. The van der Waals surface area contributed by atoms with Crippen LogP contribution in [0.3, 0.4) is 0 Å². The summed E-state index contributed by atoms with van der Waals surface area (Å²) >= 11 is 9.78. The first kappa shape index (κ1) is 16.3. The van der Waals surface area contributed by atoms with Gasteiger partial charge in [-0.15, -0.1) is 0 Å². The van der Waals surface area contributed by atoms with Crippen molar-refractivity contribution < 1.29 is 0 Å². The third-order valence-corrected chi connectivity index (χ3v) is 5.21. The molecule has 1 aromatic carbocycles. The standard InChI is InChI=1S/C16H24BrClN2/c1-11(2)20-8-4-3-5-12(10-19)16(20)14-7-6-13(18)9-15(14)17/h6-7,9,11-12,16H,3-5,8,10,19H2,1-2H3. The number of nitrogens with zero attached hydrogens (tertiary/aromatic N) is 1. The first-order chi connectivity index (χ1) is 9.54. The number of hydrogen-bond acceptors (Lipinski definition) is 2. The highest BCUT2D eigenvalue weighted by molar-refractivity contribution is 9.10. The molecule has 0 aromatic heterocycles. The summed E-state index contributed by atoms with van der Waals surface area (Å²) in [5, 5.41) is 0.773. The number of rotatable bonds is 3. The maximum Gasteiger partial charge on any atom is 0.0417 e. The Morgan fingerprint density at radius 2 is 2.15 bits per heavy atom. The van der Waals surface area contributed by atoms with Crippen molar-refractivity contribution in [1.82, 2.24) is 4.90 Å². The maximum atomic E-state index is 6.09. The van der Waals surface area contributed by atoms with Crippen molar-refractivity contribution in [2.75, 3.05) is 13.1 Å². The van der Waals surface area contributed by atoms with E-state index in [2.05, 4.69) is 40.7 Å². The highest BCUT2D eigenvalue weighted by Crippen LogP contribution is 2.39. The van der Waals surface area contributed by atoms with E-state index < -0.39 is 0 Å². The Morgan fingerprint density at radius 1 is 1.40 bits per heavy atom. The minimum Gasteiger partial charge on any atom is -0.330 e. The molecule has 4 heteroatoms. The Kier molecular flexibility index (Phi) is 5.91. The molecule has 0 aliphatic carbocycles. The van der Waals surface area contributed by atoms with E-state index in [4.69, 9.17) is 17.3 Å². The molecule has 0 saturated carbocycles. The van der Waals surface area contributed by atoms with Crippen LogP contribution in [-0.2, 0) is 0 Å². The fraction of sp³-hybridized carbons (Fsp3) is 0.625. The van der Waals surface area contributed by atoms with E-state index in [9.17, 15) is 0 Å². The first-order valence-electron chi connectivity index (χ1n) is 7.45. The second-order valence-electron chi connectivity index (χ2n) is 5.93. The largest absolute Gasteiger partial charge is 0.330 e. The van der Waals surface area contributed by atoms with Crippen LogP contribution in [0.4, 0.5) is 0 Å². The summed E-state index contributed by atoms with van der Waals surface area (Å²) in [6, 6.07) is 7.04. The van der Waals surface area contributed by atoms with Crippen LogP contribution >= 0.6 is 27.5 Å². The lowest BCUT2D eigenvalue weighted by Gasteiger charge is -2.38. The molecule has 2 nitrogen and oxygen atoms in total. The Balaban J connectivity index is 2.43. The zero-order valence-electron chi connectivity index (χ0n) is 12.3. The van der Waals surface area contributed by atoms with E-state index in [-0.39, 0.29) is 0 Å². The van der Waals surface area contributed by atoms with Crippen LogP contribution < -0.4 is 5.73 Å². The van der Waals surface area contributed by atoms with E-state index >= 15 is 0 Å². The molecule has 1 fully saturated rings. The predicted octanol–water partition coefficient (Wildman–Crippen LogP) is 4.61. The molecule has 1 heterocycles. The molecule has 2 rings (SSSR count). The highest BCUT2D eigenvalue weighted by atomic mass is 79.9. The van der Waals surface area contributed by atoms with Gasteiger partial charge in [-0.1, -0.05) is 40.0 Å². The quantitative estimate of drug-likeness (QED) is 0.853. The van der Waals surface area contributed by atoms with Crippen molar-refractivity contribution in [2.24, 2.45) is 11.7 Å². The summed E-state index contributed by atoms with van der Waals surface area (Å²) in [7, 11) is 0. The number of halogens is 2. The summed E-state index contributed by atoms with van der Waals surface area (Å²) in [5.41, 5.74) is 7.39. The summed E-state index contributed by atoms with van der Waals surface area (Å²) in [4.78, 5) is 2.60. The van der Waals surface area contributed by atoms with E-state index in [1.165, 1.54) is 24.8 Å². The number of benzene rings is 1. The van der Waals surface area contributed by atoms with E-state index in [0.717, 1.165) is 22.6 Å². The minimum absolute atomic E-state index is 0.383. The van der Waals surface area contributed by atoms with Gasteiger partial charge in [-0.3, -0.25) is 4.90 Å². The zero-order valence-corrected chi connectivity index (χ0v) is 14.6. The van der Waals surface area contributed by atoms with Gasteiger partial charge in [0.2, 0.25) is 0 Å². The molecule has 0 spiro atoms. The monoisotopic (exact) mass is 358 g/mol. The minimum atomic E-state index is 0.383. The molecular weight excluding hydrogens is 336 g/mol. The van der Waals surface area contributed by atoms with Gasteiger partial charge in [-0.2, -0.15) is 0 Å². The van der Waals surface area contributed by atoms with Crippen LogP contribution in [0.5, 0.6) is 0 Å². The second kappa shape index (κ2) is 7.26. The van der Waals surface area contributed by atoms with Crippen molar-refractivity contribution in [3.05, 3.63) is 33.3 Å². The van der Waals surface area contributed by atoms with Crippen molar-refractivity contribution in [3.8, 4) is 0 Å². The van der Waals surface area contributed by atoms with Crippen molar-refractivity contribution in [2.45, 2.75) is 45.2 Å². The third kappa shape index (κ3) is 3.56. The smallest absolute Gasteiger partial charge is 0.0417 e. The Labute approximate surface area is 135 Å². The van der Waals surface area contributed by atoms with Crippen LogP contribution in [0.1, 0.15) is 44.7 Å². The number of likely N-dealkylation sites (tertiary alicyclic amines) is 1. The second-order valence-corrected chi connectivity index (χ2v) is 7.22. The van der Waals surface area contributed by atoms with Crippen LogP contribution in [0, 0.1) is 5.92 Å². The Bertz CT molecular complexity index is 450. The van der Waals surface area contributed by atoms with Crippen molar-refractivity contribution >= 4 is 27.5 Å². The topological polar surface area (TPSA) is 29.3 Å². The average Bonchev–Trinajstić information content (AvgIpc) is 2.61. The number of hydrogen-bond donors (Lipinski definition) is 1. The third-order valence-electron chi connectivity index (χ3n) is 4.29. The summed E-state index contributed by atoms with van der Waals surface area (Å²) in [6.07, 6.45) is 3.74. The fourth-order valence-electron chi connectivity index (χ4n) is 3.27. The van der Waals surface area contributed by atoms with E-state index in [1.54, 1.807) is 0 Å². The van der Waals surface area contributed by atoms with Crippen molar-refractivity contribution in [1.29, 1.82) is 0 Å². The normalized spacial score (nSPS) is 24.9. The molecule has 0 radical (unpaired) electrons. The molecular formula is C16H24BrClN2. The predicted molar refractivity (Wildman–Crippen MR) is 90.1 cm³/mol. The molecule has 1 aliphatic heterocycles. The van der Waals surface area contributed by atoms with Gasteiger partial charge in [0.05, 0.1) is 0 Å². The van der Waals surface area contributed by atoms with Gasteiger partial charge in [0.15, 0.2) is 0 Å². The Hall–Kier alpha value is -0.0900. The van der Waals surface area contributed by atoms with Gasteiger partial charge in [0.25, 0.3) is 0 Å². The molecule has 2 atom stereocenters. The van der Waals surface area contributed by atoms with Crippen molar-refractivity contribution in [3.63, 3.8) is 0 Å². The molecule has 1 saturated heterocycles. The van der Waals surface area contributed by atoms with Gasteiger partial charge < -0.3 is 5.73 Å². The molecule has 0 bridgehead atoms. The Morgan fingerprint density at radius 3 is 2.75 bits per heavy atom. The molecule has 20 heavy (non-hydrogen) atoms. The van der Waals surface area contributed by atoms with Gasteiger partial charge in [-0.25, -0.2) is 0 Å². The molecule has 0 amide bonds. The summed E-state index contributed by atoms with van der Waals surface area (Å²) < 4.78 is 1.10. The molecule has 112 valence electrons. The van der Waals surface area contributed by atoms with E-state index in [1.807, 2.05) is 12.1 Å². The zero-order chi connectivity index (χ0) is 14.7. The van der Waals surface area contributed by atoms with Gasteiger partial charge in [0.1, 0.15) is 0 Å². The number of nitrogens with two attached hydrogens (primary N) is 1.